The van der Waals surface area contributed by atoms with Gasteiger partial charge in [0.2, 0.25) is 0 Å². The molecule has 0 saturated carbocycles. The molecule has 18 heavy (non-hydrogen) atoms. The Balaban J connectivity index is 2.18. The highest BCUT2D eigenvalue weighted by Gasteiger charge is 2.06. The lowest BCUT2D eigenvalue weighted by Crippen LogP contribution is -2.00. The van der Waals surface area contributed by atoms with Crippen LogP contribution in [0.25, 0.3) is 0 Å². The zero-order valence-corrected chi connectivity index (χ0v) is 11.5. The van der Waals surface area contributed by atoms with Crippen LogP contribution >= 0.6 is 22.6 Å². The van der Waals surface area contributed by atoms with Crippen molar-refractivity contribution in [3.63, 3.8) is 0 Å². The number of hydrogen-bond acceptors (Lipinski definition) is 2. The van der Waals surface area contributed by atoms with Crippen LogP contribution in [0.4, 0.5) is 4.39 Å². The van der Waals surface area contributed by atoms with Crippen LogP contribution in [0.3, 0.4) is 0 Å². The highest BCUT2D eigenvalue weighted by Crippen LogP contribution is 2.21. The molecule has 2 rings (SSSR count). The first-order chi connectivity index (χ1) is 8.70. The maximum Gasteiger partial charge on any atom is 0.133 e. The van der Waals surface area contributed by atoms with Gasteiger partial charge in [0.15, 0.2) is 0 Å². The summed E-state index contributed by atoms with van der Waals surface area (Å²) in [4.78, 5) is 0. The van der Waals surface area contributed by atoms with Crippen molar-refractivity contribution >= 4 is 22.6 Å². The molecule has 0 radical (unpaired) electrons. The molecule has 0 aromatic heterocycles. The number of halogens is 2. The van der Waals surface area contributed by atoms with Crippen LogP contribution in [0.1, 0.15) is 11.1 Å². The second-order valence-corrected chi connectivity index (χ2v) is 4.79. The summed E-state index contributed by atoms with van der Waals surface area (Å²) in [5.74, 6) is 0.363. The van der Waals surface area contributed by atoms with Crippen molar-refractivity contribution in [2.24, 2.45) is 0 Å². The van der Waals surface area contributed by atoms with Crippen molar-refractivity contribution in [1.29, 1.82) is 5.26 Å². The summed E-state index contributed by atoms with van der Waals surface area (Å²) in [6.45, 7) is 0.181. The van der Waals surface area contributed by atoms with Crippen LogP contribution in [0.5, 0.6) is 5.75 Å². The summed E-state index contributed by atoms with van der Waals surface area (Å²) >= 11 is 2.16. The van der Waals surface area contributed by atoms with Crippen LogP contribution in [0, 0.1) is 20.7 Å². The first-order valence-corrected chi connectivity index (χ1v) is 6.34. The van der Waals surface area contributed by atoms with E-state index in [1.807, 2.05) is 30.3 Å². The lowest BCUT2D eigenvalue weighted by molar-refractivity contribution is 0.303. The van der Waals surface area contributed by atoms with Crippen molar-refractivity contribution in [2.75, 3.05) is 0 Å². The largest absolute Gasteiger partial charge is 0.488 e. The molecule has 4 heteroatoms. The van der Waals surface area contributed by atoms with Gasteiger partial charge in [0.1, 0.15) is 18.2 Å². The summed E-state index contributed by atoms with van der Waals surface area (Å²) in [5.41, 5.74) is 0.986. The fourth-order valence-corrected chi connectivity index (χ4v) is 2.05. The lowest BCUT2D eigenvalue weighted by Gasteiger charge is -2.09. The molecule has 0 amide bonds. The van der Waals surface area contributed by atoms with Crippen LogP contribution in [0.15, 0.2) is 42.5 Å². The van der Waals surface area contributed by atoms with Crippen LogP contribution in [-0.4, -0.2) is 0 Å². The minimum absolute atomic E-state index is 0.181. The second kappa shape index (κ2) is 5.83. The number of rotatable bonds is 3. The number of nitriles is 1. The predicted molar refractivity (Wildman–Crippen MR) is 74.6 cm³/mol. The van der Waals surface area contributed by atoms with E-state index in [9.17, 15) is 4.39 Å². The average Bonchev–Trinajstić information content (AvgIpc) is 2.38. The molecule has 0 N–H and O–H groups in total. The van der Waals surface area contributed by atoms with E-state index in [1.54, 1.807) is 0 Å². The fourth-order valence-electron chi connectivity index (χ4n) is 1.51. The first-order valence-electron chi connectivity index (χ1n) is 5.26. The predicted octanol–water partition coefficient (Wildman–Crippen LogP) is 3.88. The van der Waals surface area contributed by atoms with E-state index in [4.69, 9.17) is 10.00 Å². The van der Waals surface area contributed by atoms with E-state index in [0.717, 1.165) is 9.32 Å². The standard InChI is InChI=1S/C14H9FINO/c15-12-6-5-10(8-17)11(7-12)9-18-14-4-2-1-3-13(14)16/h1-7H,9H2. The monoisotopic (exact) mass is 353 g/mol. The number of nitrogens with zero attached hydrogens (tertiary/aromatic N) is 1. The Labute approximate surface area is 118 Å². The smallest absolute Gasteiger partial charge is 0.133 e. The normalized spacial score (nSPS) is 9.83. The molecular formula is C14H9FINO. The highest BCUT2D eigenvalue weighted by molar-refractivity contribution is 14.1. The molecule has 0 aliphatic rings. The lowest BCUT2D eigenvalue weighted by atomic mass is 10.1. The second-order valence-electron chi connectivity index (χ2n) is 3.63. The molecule has 0 spiro atoms. The molecule has 0 atom stereocenters. The topological polar surface area (TPSA) is 33.0 Å². The molecule has 0 aliphatic carbocycles. The van der Waals surface area contributed by atoms with Crippen molar-refractivity contribution in [3.05, 3.63) is 63.0 Å². The summed E-state index contributed by atoms with van der Waals surface area (Å²) in [5, 5.41) is 8.93. The molecule has 0 bridgehead atoms. The van der Waals surface area contributed by atoms with E-state index in [1.165, 1.54) is 18.2 Å². The van der Waals surface area contributed by atoms with Gasteiger partial charge in [0.25, 0.3) is 0 Å². The molecule has 0 heterocycles. The summed E-state index contributed by atoms with van der Waals surface area (Å²) < 4.78 is 19.7. The Morgan fingerprint density at radius 1 is 1.22 bits per heavy atom. The number of ether oxygens (including phenoxy) is 1. The van der Waals surface area contributed by atoms with E-state index >= 15 is 0 Å². The zero-order valence-electron chi connectivity index (χ0n) is 9.36. The SMILES string of the molecule is N#Cc1ccc(F)cc1COc1ccccc1I. The van der Waals surface area contributed by atoms with Gasteiger partial charge in [0, 0.05) is 5.56 Å². The van der Waals surface area contributed by atoms with Gasteiger partial charge < -0.3 is 4.74 Å². The van der Waals surface area contributed by atoms with Crippen molar-refractivity contribution in [2.45, 2.75) is 6.61 Å². The van der Waals surface area contributed by atoms with E-state index < -0.39 is 0 Å². The third-order valence-electron chi connectivity index (χ3n) is 2.41. The quantitative estimate of drug-likeness (QED) is 0.785. The molecule has 2 nitrogen and oxygen atoms in total. The van der Waals surface area contributed by atoms with Crippen molar-refractivity contribution in [1.82, 2.24) is 0 Å². The summed E-state index contributed by atoms with van der Waals surface area (Å²) in [7, 11) is 0. The highest BCUT2D eigenvalue weighted by atomic mass is 127. The molecule has 0 aliphatic heterocycles. The van der Waals surface area contributed by atoms with Crippen LogP contribution in [0.2, 0.25) is 0 Å². The third kappa shape index (κ3) is 2.99. The van der Waals surface area contributed by atoms with Gasteiger partial charge in [-0.25, -0.2) is 4.39 Å². The summed E-state index contributed by atoms with van der Waals surface area (Å²) in [6, 6.07) is 13.6. The maximum atomic E-state index is 13.1. The molecule has 2 aromatic carbocycles. The van der Waals surface area contributed by atoms with Crippen LogP contribution < -0.4 is 4.74 Å². The molecule has 0 unspecified atom stereocenters. The van der Waals surface area contributed by atoms with Gasteiger partial charge in [-0.1, -0.05) is 12.1 Å². The Morgan fingerprint density at radius 2 is 2.00 bits per heavy atom. The first kappa shape index (κ1) is 12.8. The van der Waals surface area contributed by atoms with Gasteiger partial charge >= 0.3 is 0 Å². The fraction of sp³-hybridized carbons (Fsp3) is 0.0714. The Bertz CT molecular complexity index is 607. The molecule has 0 saturated heterocycles. The zero-order chi connectivity index (χ0) is 13.0. The number of benzene rings is 2. The molecule has 0 fully saturated rings. The van der Waals surface area contributed by atoms with E-state index in [2.05, 4.69) is 22.6 Å². The summed E-state index contributed by atoms with van der Waals surface area (Å²) in [6.07, 6.45) is 0. The van der Waals surface area contributed by atoms with Gasteiger partial charge in [-0.05, 0) is 52.9 Å². The van der Waals surface area contributed by atoms with E-state index in [-0.39, 0.29) is 12.4 Å². The number of para-hydroxylation sites is 1. The Morgan fingerprint density at radius 3 is 2.72 bits per heavy atom. The Kier molecular flexibility index (Phi) is 4.15. The maximum absolute atomic E-state index is 13.1. The minimum atomic E-state index is -0.365. The van der Waals surface area contributed by atoms with Gasteiger partial charge in [-0.2, -0.15) is 5.26 Å². The Hall–Kier alpha value is -1.61. The molecule has 90 valence electrons. The molecular weight excluding hydrogens is 344 g/mol. The van der Waals surface area contributed by atoms with Crippen molar-refractivity contribution in [3.8, 4) is 11.8 Å². The molecule has 2 aromatic rings. The third-order valence-corrected chi connectivity index (χ3v) is 3.30. The number of hydrogen-bond donors (Lipinski definition) is 0. The average molecular weight is 353 g/mol. The van der Waals surface area contributed by atoms with Gasteiger partial charge in [-0.3, -0.25) is 0 Å². The minimum Gasteiger partial charge on any atom is -0.488 e. The van der Waals surface area contributed by atoms with Crippen molar-refractivity contribution < 1.29 is 9.13 Å². The van der Waals surface area contributed by atoms with E-state index in [0.29, 0.717) is 11.1 Å². The van der Waals surface area contributed by atoms with Gasteiger partial charge in [-0.15, -0.1) is 0 Å². The van der Waals surface area contributed by atoms with Crippen LogP contribution in [-0.2, 0) is 6.61 Å². The van der Waals surface area contributed by atoms with Gasteiger partial charge in [0.05, 0.1) is 15.2 Å².